The van der Waals surface area contributed by atoms with Crippen molar-refractivity contribution < 1.29 is 9.59 Å². The number of carbonyl (C=O) groups is 2. The van der Waals surface area contributed by atoms with Crippen molar-refractivity contribution in [2.24, 2.45) is 7.05 Å². The summed E-state index contributed by atoms with van der Waals surface area (Å²) >= 11 is 0. The average molecular weight is 314 g/mol. The van der Waals surface area contributed by atoms with Gasteiger partial charge in [-0.1, -0.05) is 12.1 Å². The highest BCUT2D eigenvalue weighted by Gasteiger charge is 2.13. The lowest BCUT2D eigenvalue weighted by molar-refractivity contribution is -0.120. The number of hydrogen-bond donors (Lipinski definition) is 2. The molecule has 0 atom stereocenters. The van der Waals surface area contributed by atoms with Crippen LogP contribution in [-0.2, 0) is 24.8 Å². The molecule has 23 heavy (non-hydrogen) atoms. The molecule has 6 heteroatoms. The molecule has 2 amide bonds. The minimum atomic E-state index is -0.139. The molecule has 0 saturated heterocycles. The summed E-state index contributed by atoms with van der Waals surface area (Å²) in [5.74, 6) is -0.200. The number of nitrogens with one attached hydrogen (secondary N) is 2. The molecule has 0 aliphatic heterocycles. The molecule has 0 aliphatic rings. The zero-order valence-corrected chi connectivity index (χ0v) is 13.9. The van der Waals surface area contributed by atoms with E-state index in [1.807, 2.05) is 33.0 Å². The van der Waals surface area contributed by atoms with Gasteiger partial charge in [-0.25, -0.2) is 0 Å². The molecule has 2 N–H and O–H groups in total. The van der Waals surface area contributed by atoms with E-state index in [4.69, 9.17) is 0 Å². The first kappa shape index (κ1) is 16.7. The Labute approximate surface area is 135 Å². The summed E-state index contributed by atoms with van der Waals surface area (Å²) in [6.07, 6.45) is 0.306. The van der Waals surface area contributed by atoms with E-state index in [-0.39, 0.29) is 11.8 Å². The maximum Gasteiger partial charge on any atom is 0.251 e. The summed E-state index contributed by atoms with van der Waals surface area (Å²) < 4.78 is 1.78. The fourth-order valence-electron chi connectivity index (χ4n) is 2.46. The Hall–Kier alpha value is -2.63. The number of carbonyl (C=O) groups excluding carboxylic acids is 2. The standard InChI is InChI=1S/C17H22N4O2/c1-11-15(12(2)21(4)20-11)9-16(22)19-10-13-6-5-7-14(8-13)17(23)18-3/h5-8H,9-10H2,1-4H3,(H,18,23)(H,19,22). The van der Waals surface area contributed by atoms with E-state index in [1.165, 1.54) is 0 Å². The Morgan fingerprint density at radius 3 is 2.61 bits per heavy atom. The predicted molar refractivity (Wildman–Crippen MR) is 88.1 cm³/mol. The zero-order chi connectivity index (χ0) is 17.0. The van der Waals surface area contributed by atoms with Gasteiger partial charge in [0, 0.05) is 37.5 Å². The molecule has 2 aromatic rings. The minimum Gasteiger partial charge on any atom is -0.355 e. The van der Waals surface area contributed by atoms with Crippen molar-refractivity contribution in [1.82, 2.24) is 20.4 Å². The van der Waals surface area contributed by atoms with E-state index in [1.54, 1.807) is 23.9 Å². The Morgan fingerprint density at radius 1 is 1.26 bits per heavy atom. The van der Waals surface area contributed by atoms with Gasteiger partial charge < -0.3 is 10.6 Å². The van der Waals surface area contributed by atoms with Crippen LogP contribution in [0.1, 0.15) is 32.9 Å². The molecule has 2 rings (SSSR count). The SMILES string of the molecule is CNC(=O)c1cccc(CNC(=O)Cc2c(C)nn(C)c2C)c1. The summed E-state index contributed by atoms with van der Waals surface area (Å²) in [5, 5.41) is 9.79. The zero-order valence-electron chi connectivity index (χ0n) is 13.9. The molecule has 0 saturated carbocycles. The van der Waals surface area contributed by atoms with E-state index in [0.717, 1.165) is 22.5 Å². The maximum atomic E-state index is 12.1. The number of amides is 2. The van der Waals surface area contributed by atoms with Gasteiger partial charge in [-0.2, -0.15) is 5.10 Å². The fourth-order valence-corrected chi connectivity index (χ4v) is 2.46. The fraction of sp³-hybridized carbons (Fsp3) is 0.353. The smallest absolute Gasteiger partial charge is 0.251 e. The quantitative estimate of drug-likeness (QED) is 0.872. The lowest BCUT2D eigenvalue weighted by atomic mass is 10.1. The lowest BCUT2D eigenvalue weighted by Crippen LogP contribution is -2.25. The van der Waals surface area contributed by atoms with Crippen LogP contribution in [0.3, 0.4) is 0 Å². The third-order valence-corrected chi connectivity index (χ3v) is 3.90. The Balaban J connectivity index is 1.98. The van der Waals surface area contributed by atoms with Crippen molar-refractivity contribution in [1.29, 1.82) is 0 Å². The number of aryl methyl sites for hydroxylation is 2. The van der Waals surface area contributed by atoms with Gasteiger partial charge in [-0.3, -0.25) is 14.3 Å². The average Bonchev–Trinajstić information content (AvgIpc) is 2.78. The number of benzene rings is 1. The van der Waals surface area contributed by atoms with E-state index >= 15 is 0 Å². The van der Waals surface area contributed by atoms with Gasteiger partial charge in [-0.15, -0.1) is 0 Å². The van der Waals surface area contributed by atoms with Crippen LogP contribution in [0.2, 0.25) is 0 Å². The summed E-state index contributed by atoms with van der Waals surface area (Å²) in [7, 11) is 3.46. The molecule has 0 fully saturated rings. The number of hydrogen-bond acceptors (Lipinski definition) is 3. The maximum absolute atomic E-state index is 12.1. The van der Waals surface area contributed by atoms with Gasteiger partial charge >= 0.3 is 0 Å². The molecule has 122 valence electrons. The van der Waals surface area contributed by atoms with Gasteiger partial charge in [0.1, 0.15) is 0 Å². The van der Waals surface area contributed by atoms with Gasteiger partial charge in [-0.05, 0) is 31.5 Å². The molecular formula is C17H22N4O2. The van der Waals surface area contributed by atoms with Crippen molar-refractivity contribution in [3.05, 3.63) is 52.3 Å². The second-order valence-electron chi connectivity index (χ2n) is 5.51. The second kappa shape index (κ2) is 7.09. The van der Waals surface area contributed by atoms with E-state index in [2.05, 4.69) is 15.7 Å². The molecule has 0 radical (unpaired) electrons. The highest BCUT2D eigenvalue weighted by atomic mass is 16.2. The second-order valence-corrected chi connectivity index (χ2v) is 5.51. The number of aromatic nitrogens is 2. The van der Waals surface area contributed by atoms with Crippen LogP contribution in [0.4, 0.5) is 0 Å². The van der Waals surface area contributed by atoms with Crippen LogP contribution in [0, 0.1) is 13.8 Å². The summed E-state index contributed by atoms with van der Waals surface area (Å²) in [6, 6.07) is 7.21. The normalized spacial score (nSPS) is 10.4. The van der Waals surface area contributed by atoms with Gasteiger partial charge in [0.2, 0.25) is 5.91 Å². The van der Waals surface area contributed by atoms with Crippen molar-refractivity contribution in [3.8, 4) is 0 Å². The van der Waals surface area contributed by atoms with Gasteiger partial charge in [0.05, 0.1) is 12.1 Å². The third kappa shape index (κ3) is 3.97. The van der Waals surface area contributed by atoms with Crippen LogP contribution < -0.4 is 10.6 Å². The number of nitrogens with zero attached hydrogens (tertiary/aromatic N) is 2. The Bertz CT molecular complexity index is 734. The first-order chi connectivity index (χ1) is 10.9. The first-order valence-electron chi connectivity index (χ1n) is 7.49. The van der Waals surface area contributed by atoms with Crippen LogP contribution in [0.5, 0.6) is 0 Å². The lowest BCUT2D eigenvalue weighted by Gasteiger charge is -2.07. The summed E-state index contributed by atoms with van der Waals surface area (Å²) in [4.78, 5) is 23.8. The van der Waals surface area contributed by atoms with Crippen LogP contribution in [0.15, 0.2) is 24.3 Å². The highest BCUT2D eigenvalue weighted by molar-refractivity contribution is 5.94. The van der Waals surface area contributed by atoms with Gasteiger partial charge in [0.15, 0.2) is 0 Å². The predicted octanol–water partition coefficient (Wildman–Crippen LogP) is 1.26. The molecule has 1 heterocycles. The minimum absolute atomic E-state index is 0.0606. The first-order valence-corrected chi connectivity index (χ1v) is 7.49. The van der Waals surface area contributed by atoms with Crippen LogP contribution in [0.25, 0.3) is 0 Å². The highest BCUT2D eigenvalue weighted by Crippen LogP contribution is 2.12. The third-order valence-electron chi connectivity index (χ3n) is 3.90. The molecule has 6 nitrogen and oxygen atoms in total. The molecular weight excluding hydrogens is 292 g/mol. The molecule has 0 unspecified atom stereocenters. The summed E-state index contributed by atoms with van der Waals surface area (Å²) in [5.41, 5.74) is 4.31. The van der Waals surface area contributed by atoms with Crippen molar-refractivity contribution in [3.63, 3.8) is 0 Å². The Kier molecular flexibility index (Phi) is 5.16. The molecule has 1 aromatic heterocycles. The van der Waals surface area contributed by atoms with E-state index in [9.17, 15) is 9.59 Å². The number of rotatable bonds is 5. The monoisotopic (exact) mass is 314 g/mol. The van der Waals surface area contributed by atoms with Crippen LogP contribution in [-0.4, -0.2) is 28.6 Å². The topological polar surface area (TPSA) is 76.0 Å². The van der Waals surface area contributed by atoms with Crippen molar-refractivity contribution >= 4 is 11.8 Å². The molecule has 1 aromatic carbocycles. The van der Waals surface area contributed by atoms with Crippen molar-refractivity contribution in [2.75, 3.05) is 7.05 Å². The van der Waals surface area contributed by atoms with E-state index < -0.39 is 0 Å². The van der Waals surface area contributed by atoms with Crippen molar-refractivity contribution in [2.45, 2.75) is 26.8 Å². The molecule has 0 bridgehead atoms. The van der Waals surface area contributed by atoms with Crippen LogP contribution >= 0.6 is 0 Å². The van der Waals surface area contributed by atoms with Gasteiger partial charge in [0.25, 0.3) is 5.91 Å². The molecule has 0 spiro atoms. The van der Waals surface area contributed by atoms with E-state index in [0.29, 0.717) is 18.5 Å². The Morgan fingerprint density at radius 2 is 2.00 bits per heavy atom. The summed E-state index contributed by atoms with van der Waals surface area (Å²) in [6.45, 7) is 4.25. The largest absolute Gasteiger partial charge is 0.355 e. The molecule has 0 aliphatic carbocycles.